The predicted octanol–water partition coefficient (Wildman–Crippen LogP) is 4.97. The van der Waals surface area contributed by atoms with Gasteiger partial charge in [-0.3, -0.25) is 9.59 Å². The van der Waals surface area contributed by atoms with Crippen LogP contribution in [0.3, 0.4) is 0 Å². The number of H-pyrrole nitrogens is 1. The molecule has 184 valence electrons. The largest absolute Gasteiger partial charge is 0.508 e. The van der Waals surface area contributed by atoms with Crippen LogP contribution in [0.5, 0.6) is 11.5 Å². The van der Waals surface area contributed by atoms with Gasteiger partial charge in [0.15, 0.2) is 0 Å². The van der Waals surface area contributed by atoms with E-state index in [-0.39, 0.29) is 40.7 Å². The Morgan fingerprint density at radius 1 is 1.08 bits per heavy atom. The minimum Gasteiger partial charge on any atom is -0.508 e. The quantitative estimate of drug-likeness (QED) is 0.379. The Kier molecular flexibility index (Phi) is 5.88. The fourth-order valence-electron chi connectivity index (χ4n) is 4.82. The van der Waals surface area contributed by atoms with Gasteiger partial charge in [-0.2, -0.15) is 0 Å². The van der Waals surface area contributed by atoms with E-state index < -0.39 is 0 Å². The zero-order valence-electron chi connectivity index (χ0n) is 20.0. The van der Waals surface area contributed by atoms with E-state index in [0.29, 0.717) is 30.6 Å². The minimum absolute atomic E-state index is 0.102. The summed E-state index contributed by atoms with van der Waals surface area (Å²) < 4.78 is 13.5. The van der Waals surface area contributed by atoms with Crippen LogP contribution < -0.4 is 4.90 Å². The van der Waals surface area contributed by atoms with Crippen LogP contribution in [0.4, 0.5) is 10.1 Å². The van der Waals surface area contributed by atoms with E-state index in [0.717, 1.165) is 28.2 Å². The van der Waals surface area contributed by atoms with E-state index in [1.54, 1.807) is 35.0 Å². The number of fused-ring (bicyclic) bond motifs is 2. The maximum absolute atomic E-state index is 13.5. The van der Waals surface area contributed by atoms with Crippen LogP contribution in [0.1, 0.15) is 45.3 Å². The Labute approximate surface area is 207 Å². The standard InChI is InChI=1S/C28H26FN3O4/c1-16-3-4-17-11-18(5-10-25(17)32(16)28(36)23-8-7-22(33)14-26(23)34)27(35)31(2)15-21-13-19-12-20(29)6-9-24(19)30-21/h5-14,16,30,33-34H,3-4,15H2,1-2H3. The Morgan fingerprint density at radius 2 is 1.89 bits per heavy atom. The maximum Gasteiger partial charge on any atom is 0.262 e. The van der Waals surface area contributed by atoms with Crippen molar-refractivity contribution >= 4 is 28.4 Å². The Balaban J connectivity index is 1.38. The number of hydrogen-bond donors (Lipinski definition) is 3. The van der Waals surface area contributed by atoms with Crippen molar-refractivity contribution in [1.29, 1.82) is 0 Å². The number of aromatic amines is 1. The second-order valence-corrected chi connectivity index (χ2v) is 9.30. The van der Waals surface area contributed by atoms with E-state index in [2.05, 4.69) is 4.98 Å². The molecule has 0 saturated heterocycles. The highest BCUT2D eigenvalue weighted by Crippen LogP contribution is 2.35. The first-order chi connectivity index (χ1) is 17.2. The number of carbonyl (C=O) groups excluding carboxylic acids is 2. The molecular formula is C28H26FN3O4. The molecule has 2 heterocycles. The van der Waals surface area contributed by atoms with Crippen LogP contribution in [-0.4, -0.2) is 45.0 Å². The fraction of sp³-hybridized carbons (Fsp3) is 0.214. The average molecular weight is 488 g/mol. The molecule has 1 aromatic heterocycles. The van der Waals surface area contributed by atoms with Gasteiger partial charge in [-0.05, 0) is 79.9 Å². The molecule has 7 nitrogen and oxygen atoms in total. The van der Waals surface area contributed by atoms with Crippen molar-refractivity contribution in [3.63, 3.8) is 0 Å². The number of aromatic hydroxyl groups is 2. The summed E-state index contributed by atoms with van der Waals surface area (Å²) in [7, 11) is 1.71. The molecule has 1 aliphatic heterocycles. The highest BCUT2D eigenvalue weighted by Gasteiger charge is 2.31. The molecule has 3 aromatic carbocycles. The summed E-state index contributed by atoms with van der Waals surface area (Å²) >= 11 is 0. The SMILES string of the molecule is CC1CCc2cc(C(=O)N(C)Cc3cc4cc(F)ccc4[nH]3)ccc2N1C(=O)c1ccc(O)cc1O. The van der Waals surface area contributed by atoms with Crippen molar-refractivity contribution in [1.82, 2.24) is 9.88 Å². The van der Waals surface area contributed by atoms with Crippen molar-refractivity contribution in [3.05, 3.63) is 88.9 Å². The number of halogens is 1. The smallest absolute Gasteiger partial charge is 0.262 e. The van der Waals surface area contributed by atoms with Gasteiger partial charge in [-0.1, -0.05) is 0 Å². The van der Waals surface area contributed by atoms with Crippen molar-refractivity contribution in [2.45, 2.75) is 32.4 Å². The zero-order chi connectivity index (χ0) is 25.6. The molecule has 3 N–H and O–H groups in total. The van der Waals surface area contributed by atoms with Crippen molar-refractivity contribution < 1.29 is 24.2 Å². The van der Waals surface area contributed by atoms with E-state index in [9.17, 15) is 24.2 Å². The highest BCUT2D eigenvalue weighted by atomic mass is 19.1. The summed E-state index contributed by atoms with van der Waals surface area (Å²) in [6, 6.07) is 15.4. The monoisotopic (exact) mass is 487 g/mol. The molecule has 36 heavy (non-hydrogen) atoms. The first kappa shape index (κ1) is 23.4. The van der Waals surface area contributed by atoms with Crippen molar-refractivity contribution in [3.8, 4) is 11.5 Å². The molecule has 1 aliphatic rings. The van der Waals surface area contributed by atoms with Gasteiger partial charge in [0.2, 0.25) is 0 Å². The van der Waals surface area contributed by atoms with Gasteiger partial charge in [-0.15, -0.1) is 0 Å². The average Bonchev–Trinajstić information content (AvgIpc) is 3.24. The molecule has 0 fully saturated rings. The number of hydrogen-bond acceptors (Lipinski definition) is 4. The summed E-state index contributed by atoms with van der Waals surface area (Å²) in [6.45, 7) is 2.27. The molecule has 0 spiro atoms. The lowest BCUT2D eigenvalue weighted by atomic mass is 9.93. The van der Waals surface area contributed by atoms with Gasteiger partial charge in [0.1, 0.15) is 17.3 Å². The van der Waals surface area contributed by atoms with Crippen molar-refractivity contribution in [2.75, 3.05) is 11.9 Å². The van der Waals surface area contributed by atoms with Gasteiger partial charge in [0.25, 0.3) is 11.8 Å². The number of anilines is 1. The van der Waals surface area contributed by atoms with E-state index >= 15 is 0 Å². The number of nitrogens with one attached hydrogen (secondary N) is 1. The van der Waals surface area contributed by atoms with E-state index in [4.69, 9.17) is 0 Å². The van der Waals surface area contributed by atoms with Crippen LogP contribution in [0.15, 0.2) is 60.7 Å². The number of nitrogens with zero attached hydrogens (tertiary/aromatic N) is 2. The molecule has 8 heteroatoms. The molecule has 0 radical (unpaired) electrons. The molecule has 4 aromatic rings. The van der Waals surface area contributed by atoms with Crippen LogP contribution >= 0.6 is 0 Å². The van der Waals surface area contributed by atoms with E-state index in [1.165, 1.54) is 24.3 Å². The van der Waals surface area contributed by atoms with Gasteiger partial charge < -0.3 is 25.0 Å². The highest BCUT2D eigenvalue weighted by molar-refractivity contribution is 6.09. The molecule has 0 bridgehead atoms. The van der Waals surface area contributed by atoms with Crippen LogP contribution in [-0.2, 0) is 13.0 Å². The summed E-state index contributed by atoms with van der Waals surface area (Å²) in [5.74, 6) is -1.26. The number of rotatable bonds is 4. The van der Waals surface area contributed by atoms with Crippen molar-refractivity contribution in [2.24, 2.45) is 0 Å². The van der Waals surface area contributed by atoms with E-state index in [1.807, 2.05) is 19.1 Å². The number of phenolic OH excluding ortho intramolecular Hbond substituents is 2. The Hall–Kier alpha value is -4.33. The summed E-state index contributed by atoms with van der Waals surface area (Å²) in [5.41, 5.74) is 3.78. The molecule has 0 saturated carbocycles. The summed E-state index contributed by atoms with van der Waals surface area (Å²) in [6.07, 6.45) is 1.41. The van der Waals surface area contributed by atoms with Gasteiger partial charge in [-0.25, -0.2) is 4.39 Å². The number of benzene rings is 3. The predicted molar refractivity (Wildman–Crippen MR) is 135 cm³/mol. The number of aryl methyl sites for hydroxylation is 1. The molecular weight excluding hydrogens is 461 g/mol. The lowest BCUT2D eigenvalue weighted by Crippen LogP contribution is -2.42. The third kappa shape index (κ3) is 4.26. The van der Waals surface area contributed by atoms with Crippen LogP contribution in [0, 0.1) is 5.82 Å². The number of amides is 2. The minimum atomic E-state index is -0.368. The third-order valence-corrected chi connectivity index (χ3v) is 6.68. The normalized spacial score (nSPS) is 15.1. The maximum atomic E-state index is 13.5. The third-order valence-electron chi connectivity index (χ3n) is 6.68. The Morgan fingerprint density at radius 3 is 2.67 bits per heavy atom. The number of phenols is 2. The molecule has 1 atom stereocenters. The van der Waals surface area contributed by atoms with Gasteiger partial charge in [0.05, 0.1) is 12.1 Å². The lowest BCUT2D eigenvalue weighted by molar-refractivity contribution is 0.0783. The molecule has 5 rings (SSSR count). The molecule has 1 unspecified atom stereocenters. The zero-order valence-corrected chi connectivity index (χ0v) is 20.0. The number of aromatic nitrogens is 1. The first-order valence-electron chi connectivity index (χ1n) is 11.7. The molecule has 0 aliphatic carbocycles. The lowest BCUT2D eigenvalue weighted by Gasteiger charge is -2.35. The topological polar surface area (TPSA) is 96.9 Å². The second kappa shape index (κ2) is 9.03. The second-order valence-electron chi connectivity index (χ2n) is 9.30. The van der Waals surface area contributed by atoms with Crippen LogP contribution in [0.25, 0.3) is 10.9 Å². The summed E-state index contributed by atoms with van der Waals surface area (Å²) in [5, 5.41) is 20.5. The first-order valence-corrected chi connectivity index (χ1v) is 11.7. The molecule has 2 amide bonds. The van der Waals surface area contributed by atoms with Gasteiger partial charge >= 0.3 is 0 Å². The van der Waals surface area contributed by atoms with Gasteiger partial charge in [0, 0.05) is 47.0 Å². The fourth-order valence-corrected chi connectivity index (χ4v) is 4.82. The number of carbonyl (C=O) groups is 2. The Bertz CT molecular complexity index is 1500. The summed E-state index contributed by atoms with van der Waals surface area (Å²) in [4.78, 5) is 32.9. The van der Waals surface area contributed by atoms with Crippen LogP contribution in [0.2, 0.25) is 0 Å².